The number of hydrogen-bond donors (Lipinski definition) is 1. The molecule has 0 aliphatic carbocycles. The molecule has 4 aromatic carbocycles. The highest BCUT2D eigenvalue weighted by Crippen LogP contribution is 2.42. The average molecular weight is 661 g/mol. The first kappa shape index (κ1) is 41.0. The Morgan fingerprint density at radius 3 is 1.86 bits per heavy atom. The quantitative estimate of drug-likeness (QED) is 0.193. The van der Waals surface area contributed by atoms with E-state index in [2.05, 4.69) is 156 Å². The molecule has 6 rings (SSSR count). The number of rotatable bonds is 6. The van der Waals surface area contributed by atoms with E-state index in [1.165, 1.54) is 86.5 Å². The Kier molecular flexibility index (Phi) is 16.0. The number of benzene rings is 4. The summed E-state index contributed by atoms with van der Waals surface area (Å²) in [5.74, 6) is 0.996. The van der Waals surface area contributed by atoms with Gasteiger partial charge in [0, 0.05) is 34.4 Å². The highest BCUT2D eigenvalue weighted by Gasteiger charge is 2.27. The van der Waals surface area contributed by atoms with E-state index < -0.39 is 0 Å². The summed E-state index contributed by atoms with van der Waals surface area (Å²) >= 11 is 0. The smallest absolute Gasteiger partial charge is 0.144 e. The Hall–Kier alpha value is -4.15. The summed E-state index contributed by atoms with van der Waals surface area (Å²) in [6, 6.07) is 26.9. The molecule has 0 unspecified atom stereocenters. The Labute approximate surface area is 298 Å². The van der Waals surface area contributed by atoms with Gasteiger partial charge >= 0.3 is 0 Å². The highest BCUT2D eigenvalue weighted by molar-refractivity contribution is 6.11. The Bertz CT molecular complexity index is 1880. The normalized spacial score (nSPS) is 10.6. The van der Waals surface area contributed by atoms with E-state index in [0.717, 1.165) is 12.2 Å². The molecule has 2 heterocycles. The first-order valence-electron chi connectivity index (χ1n) is 18.5. The van der Waals surface area contributed by atoms with Gasteiger partial charge < -0.3 is 10.3 Å². The summed E-state index contributed by atoms with van der Waals surface area (Å²) in [4.78, 5) is 5.00. The van der Waals surface area contributed by atoms with Crippen LogP contribution in [0.2, 0.25) is 0 Å². The van der Waals surface area contributed by atoms with Crippen molar-refractivity contribution >= 4 is 21.8 Å². The number of nitrogens with two attached hydrogens (primary N) is 1. The lowest BCUT2D eigenvalue weighted by atomic mass is 9.79. The van der Waals surface area contributed by atoms with Crippen LogP contribution in [0, 0.1) is 27.7 Å². The average Bonchev–Trinajstić information content (AvgIpc) is 3.72. The minimum Gasteiger partial charge on any atom is -0.333 e. The van der Waals surface area contributed by atoms with Crippen molar-refractivity contribution in [3.8, 4) is 22.8 Å². The fraction of sp³-hybridized carbons (Fsp3) is 0.400. The Morgan fingerprint density at radius 1 is 0.673 bits per heavy atom. The lowest BCUT2D eigenvalue weighted by Gasteiger charge is -2.27. The number of hydrogen-bond acceptors (Lipinski definition) is 2. The third-order valence-electron chi connectivity index (χ3n) is 8.94. The molecule has 0 atom stereocenters. The van der Waals surface area contributed by atoms with Crippen LogP contribution in [0.1, 0.15) is 109 Å². The van der Waals surface area contributed by atoms with Gasteiger partial charge in [-0.3, -0.25) is 4.57 Å². The summed E-state index contributed by atoms with van der Waals surface area (Å²) in [7, 11) is 1.50. The number of unbranched alkanes of at least 4 members (excludes halogenated alkanes) is 1. The van der Waals surface area contributed by atoms with Crippen LogP contribution in [0.25, 0.3) is 44.6 Å². The van der Waals surface area contributed by atoms with E-state index in [4.69, 9.17) is 4.98 Å². The Morgan fingerprint density at radius 2 is 1.29 bits per heavy atom. The molecule has 264 valence electrons. The molecule has 0 radical (unpaired) electrons. The number of nitrogens with zero attached hydrogens (tertiary/aromatic N) is 3. The number of aryl methyl sites for hydroxylation is 4. The van der Waals surface area contributed by atoms with Gasteiger partial charge in [0.15, 0.2) is 0 Å². The zero-order valence-corrected chi connectivity index (χ0v) is 33.1. The van der Waals surface area contributed by atoms with Crippen LogP contribution in [0.15, 0.2) is 85.2 Å². The minimum atomic E-state index is -0.0362. The summed E-state index contributed by atoms with van der Waals surface area (Å²) < 4.78 is 4.72. The van der Waals surface area contributed by atoms with E-state index in [0.29, 0.717) is 0 Å². The maximum Gasteiger partial charge on any atom is 0.144 e. The minimum absolute atomic E-state index is 0.0362. The number of para-hydroxylation sites is 1. The first-order chi connectivity index (χ1) is 23.6. The molecule has 0 spiro atoms. The SMILES string of the molecule is CC.CC.CCC(C)(C)c1cc2c(cc1-c1nccn1-c1c(C)cc(C)cc1C)c1ccccc1n2-c1cccc(C)c1.CCCC.CN. The van der Waals surface area contributed by atoms with Crippen molar-refractivity contribution in [2.75, 3.05) is 7.05 Å². The second kappa shape index (κ2) is 19.1. The molecule has 0 fully saturated rings. The molecule has 0 amide bonds. The zero-order valence-electron chi connectivity index (χ0n) is 33.1. The maximum absolute atomic E-state index is 5.00. The third-order valence-corrected chi connectivity index (χ3v) is 8.94. The van der Waals surface area contributed by atoms with Gasteiger partial charge in [0.2, 0.25) is 0 Å². The van der Waals surface area contributed by atoms with E-state index in [1.54, 1.807) is 0 Å². The van der Waals surface area contributed by atoms with Gasteiger partial charge in [0.1, 0.15) is 5.82 Å². The highest BCUT2D eigenvalue weighted by atomic mass is 15.1. The lowest BCUT2D eigenvalue weighted by molar-refractivity contribution is 0.507. The van der Waals surface area contributed by atoms with Gasteiger partial charge in [-0.1, -0.05) is 123 Å². The second-order valence-corrected chi connectivity index (χ2v) is 12.7. The zero-order chi connectivity index (χ0) is 36.9. The second-order valence-electron chi connectivity index (χ2n) is 12.7. The number of aromatic nitrogens is 3. The predicted molar refractivity (Wildman–Crippen MR) is 219 cm³/mol. The van der Waals surface area contributed by atoms with Crippen molar-refractivity contribution in [3.63, 3.8) is 0 Å². The molecular formula is C45H64N4. The largest absolute Gasteiger partial charge is 0.333 e. The van der Waals surface area contributed by atoms with E-state index >= 15 is 0 Å². The van der Waals surface area contributed by atoms with Gasteiger partial charge in [-0.05, 0) is 99.2 Å². The number of fused-ring (bicyclic) bond motifs is 3. The van der Waals surface area contributed by atoms with Crippen molar-refractivity contribution in [2.45, 2.75) is 115 Å². The van der Waals surface area contributed by atoms with Crippen LogP contribution in [0.4, 0.5) is 0 Å². The summed E-state index contributed by atoms with van der Waals surface area (Å²) in [6.45, 7) is 28.1. The van der Waals surface area contributed by atoms with Crippen molar-refractivity contribution in [1.29, 1.82) is 0 Å². The van der Waals surface area contributed by atoms with Crippen molar-refractivity contribution < 1.29 is 0 Å². The van der Waals surface area contributed by atoms with E-state index in [9.17, 15) is 0 Å². The van der Waals surface area contributed by atoms with Gasteiger partial charge in [-0.15, -0.1) is 0 Å². The third kappa shape index (κ3) is 8.91. The van der Waals surface area contributed by atoms with Crippen LogP contribution in [0.3, 0.4) is 0 Å². The molecule has 0 bridgehead atoms. The topological polar surface area (TPSA) is 48.8 Å². The molecule has 2 aromatic heterocycles. The molecule has 4 nitrogen and oxygen atoms in total. The fourth-order valence-corrected chi connectivity index (χ4v) is 6.23. The fourth-order valence-electron chi connectivity index (χ4n) is 6.23. The van der Waals surface area contributed by atoms with Crippen molar-refractivity contribution in [3.05, 3.63) is 113 Å². The van der Waals surface area contributed by atoms with Gasteiger partial charge in [0.25, 0.3) is 0 Å². The molecular weight excluding hydrogens is 597 g/mol. The van der Waals surface area contributed by atoms with Gasteiger partial charge in [-0.2, -0.15) is 0 Å². The van der Waals surface area contributed by atoms with Crippen LogP contribution >= 0.6 is 0 Å². The Balaban J connectivity index is 0.000000755. The maximum atomic E-state index is 5.00. The van der Waals surface area contributed by atoms with E-state index in [-0.39, 0.29) is 5.41 Å². The standard InChI is InChI=1S/C36H37N3.C4H10.2C2H6.CH5N/c1-8-36(6,7)31-22-33-29(28-14-9-10-15-32(28)39(33)27-13-11-12-23(2)20-27)21-30(31)35-37-16-17-38(35)34-25(4)18-24(3)19-26(34)5;1-3-4-2;3*1-2/h9-22H,8H2,1-7H3;3-4H2,1-2H3;2*1-2H3;2H2,1H3. The molecule has 49 heavy (non-hydrogen) atoms. The molecule has 2 N–H and O–H groups in total. The van der Waals surface area contributed by atoms with E-state index in [1.807, 2.05) is 33.9 Å². The van der Waals surface area contributed by atoms with Gasteiger partial charge in [-0.25, -0.2) is 4.98 Å². The van der Waals surface area contributed by atoms with Crippen LogP contribution < -0.4 is 5.73 Å². The monoisotopic (exact) mass is 661 g/mol. The molecule has 0 aliphatic heterocycles. The molecule has 0 saturated heterocycles. The molecule has 6 aromatic rings. The number of imidazole rings is 1. The van der Waals surface area contributed by atoms with Gasteiger partial charge in [0.05, 0.1) is 16.7 Å². The predicted octanol–water partition coefficient (Wildman–Crippen LogP) is 13.0. The summed E-state index contributed by atoms with van der Waals surface area (Å²) in [6.07, 6.45) is 7.72. The molecule has 4 heteroatoms. The van der Waals surface area contributed by atoms with Crippen molar-refractivity contribution in [1.82, 2.24) is 14.1 Å². The van der Waals surface area contributed by atoms with Crippen LogP contribution in [-0.2, 0) is 5.41 Å². The van der Waals surface area contributed by atoms with Crippen LogP contribution in [-0.4, -0.2) is 21.2 Å². The lowest BCUT2D eigenvalue weighted by Crippen LogP contribution is -2.18. The molecule has 0 aliphatic rings. The van der Waals surface area contributed by atoms with Crippen LogP contribution in [0.5, 0.6) is 0 Å². The first-order valence-corrected chi connectivity index (χ1v) is 18.5. The summed E-state index contributed by atoms with van der Waals surface area (Å²) in [5.41, 5.74) is 16.9. The summed E-state index contributed by atoms with van der Waals surface area (Å²) in [5, 5.41) is 2.52. The van der Waals surface area contributed by atoms with Crippen molar-refractivity contribution in [2.24, 2.45) is 5.73 Å². The molecule has 0 saturated carbocycles.